The van der Waals surface area contributed by atoms with Crippen molar-refractivity contribution in [3.05, 3.63) is 71.5 Å². The van der Waals surface area contributed by atoms with Gasteiger partial charge in [0, 0.05) is 32.2 Å². The van der Waals surface area contributed by atoms with E-state index >= 15 is 0 Å². The summed E-state index contributed by atoms with van der Waals surface area (Å²) >= 11 is 0. The second-order valence-electron chi connectivity index (χ2n) is 5.23. The van der Waals surface area contributed by atoms with Crippen LogP contribution in [0.5, 0.6) is 0 Å². The largest absolute Gasteiger partial charge is 0.314 e. The maximum atomic E-state index is 13.1. The van der Waals surface area contributed by atoms with Gasteiger partial charge in [0.1, 0.15) is 5.82 Å². The summed E-state index contributed by atoms with van der Waals surface area (Å²) in [6.45, 7) is 3.87. The summed E-state index contributed by atoms with van der Waals surface area (Å²) in [5, 5.41) is 3.43. The number of piperazine rings is 1. The second kappa shape index (κ2) is 6.16. The summed E-state index contributed by atoms with van der Waals surface area (Å²) < 4.78 is 13.1. The number of hydrogen-bond acceptors (Lipinski definition) is 2. The Morgan fingerprint density at radius 3 is 2.55 bits per heavy atom. The summed E-state index contributed by atoms with van der Waals surface area (Å²) in [6, 6.07) is 17.7. The Morgan fingerprint density at radius 2 is 1.80 bits per heavy atom. The van der Waals surface area contributed by atoms with Crippen LogP contribution in [0.1, 0.15) is 17.2 Å². The van der Waals surface area contributed by atoms with Gasteiger partial charge in [0.15, 0.2) is 0 Å². The van der Waals surface area contributed by atoms with Crippen molar-refractivity contribution in [3.63, 3.8) is 0 Å². The predicted molar refractivity (Wildman–Crippen MR) is 78.9 cm³/mol. The Morgan fingerprint density at radius 1 is 1.05 bits per heavy atom. The third-order valence-corrected chi connectivity index (χ3v) is 3.84. The van der Waals surface area contributed by atoms with Crippen molar-refractivity contribution in [2.24, 2.45) is 0 Å². The van der Waals surface area contributed by atoms with Crippen LogP contribution in [-0.4, -0.2) is 24.5 Å². The summed E-state index contributed by atoms with van der Waals surface area (Å²) in [6.07, 6.45) is 0. The van der Waals surface area contributed by atoms with Gasteiger partial charge in [0.25, 0.3) is 0 Å². The lowest BCUT2D eigenvalue weighted by molar-refractivity contribution is 0.153. The van der Waals surface area contributed by atoms with Gasteiger partial charge in [-0.15, -0.1) is 0 Å². The second-order valence-corrected chi connectivity index (χ2v) is 5.23. The molecule has 2 nitrogen and oxygen atoms in total. The minimum absolute atomic E-state index is 0.174. The third-order valence-electron chi connectivity index (χ3n) is 3.84. The predicted octanol–water partition coefficient (Wildman–Crippen LogP) is 2.97. The highest BCUT2D eigenvalue weighted by Crippen LogP contribution is 2.24. The standard InChI is InChI=1S/C17H19FN2/c18-16-8-6-15(7-9-16)17-12-19-10-11-20(17)13-14-4-2-1-3-5-14/h1-9,17,19H,10-13H2/t17-/m1/s1. The van der Waals surface area contributed by atoms with Crippen molar-refractivity contribution in [1.29, 1.82) is 0 Å². The van der Waals surface area contributed by atoms with E-state index in [0.29, 0.717) is 6.04 Å². The van der Waals surface area contributed by atoms with E-state index in [1.807, 2.05) is 18.2 Å². The van der Waals surface area contributed by atoms with Crippen molar-refractivity contribution >= 4 is 0 Å². The number of hydrogen-bond donors (Lipinski definition) is 1. The Hall–Kier alpha value is -1.71. The quantitative estimate of drug-likeness (QED) is 0.922. The van der Waals surface area contributed by atoms with Gasteiger partial charge in [-0.1, -0.05) is 42.5 Å². The highest BCUT2D eigenvalue weighted by Gasteiger charge is 2.23. The fourth-order valence-corrected chi connectivity index (χ4v) is 2.77. The molecular formula is C17H19FN2. The van der Waals surface area contributed by atoms with Gasteiger partial charge < -0.3 is 5.32 Å². The maximum Gasteiger partial charge on any atom is 0.123 e. The molecular weight excluding hydrogens is 251 g/mol. The zero-order valence-electron chi connectivity index (χ0n) is 11.4. The van der Waals surface area contributed by atoms with E-state index < -0.39 is 0 Å². The number of halogens is 1. The van der Waals surface area contributed by atoms with Crippen LogP contribution in [0.3, 0.4) is 0 Å². The fourth-order valence-electron chi connectivity index (χ4n) is 2.77. The molecule has 1 N–H and O–H groups in total. The molecule has 0 spiro atoms. The molecule has 2 aromatic carbocycles. The lowest BCUT2D eigenvalue weighted by Crippen LogP contribution is -2.45. The van der Waals surface area contributed by atoms with E-state index in [9.17, 15) is 4.39 Å². The van der Waals surface area contributed by atoms with Crippen LogP contribution < -0.4 is 5.32 Å². The van der Waals surface area contributed by atoms with Crippen LogP contribution in [-0.2, 0) is 6.54 Å². The average Bonchev–Trinajstić information content (AvgIpc) is 2.50. The zero-order chi connectivity index (χ0) is 13.8. The molecule has 20 heavy (non-hydrogen) atoms. The number of nitrogens with one attached hydrogen (secondary N) is 1. The highest BCUT2D eigenvalue weighted by molar-refractivity contribution is 5.22. The summed E-state index contributed by atoms with van der Waals surface area (Å²) in [7, 11) is 0. The average molecular weight is 270 g/mol. The molecule has 0 amide bonds. The van der Waals surface area contributed by atoms with Crippen molar-refractivity contribution in [2.45, 2.75) is 12.6 Å². The van der Waals surface area contributed by atoms with Crippen molar-refractivity contribution in [1.82, 2.24) is 10.2 Å². The topological polar surface area (TPSA) is 15.3 Å². The molecule has 3 rings (SSSR count). The Labute approximate surface area is 119 Å². The first kappa shape index (κ1) is 13.3. The van der Waals surface area contributed by atoms with E-state index in [1.165, 1.54) is 11.1 Å². The lowest BCUT2D eigenvalue weighted by atomic mass is 10.0. The van der Waals surface area contributed by atoms with E-state index in [0.717, 1.165) is 26.2 Å². The van der Waals surface area contributed by atoms with Crippen LogP contribution >= 0.6 is 0 Å². The van der Waals surface area contributed by atoms with Gasteiger partial charge in [0.2, 0.25) is 0 Å². The van der Waals surface area contributed by atoms with Crippen LogP contribution in [0, 0.1) is 5.82 Å². The Kier molecular flexibility index (Phi) is 4.09. The van der Waals surface area contributed by atoms with Crippen LogP contribution in [0.25, 0.3) is 0 Å². The highest BCUT2D eigenvalue weighted by atomic mass is 19.1. The first-order valence-electron chi connectivity index (χ1n) is 7.07. The molecule has 0 saturated carbocycles. The van der Waals surface area contributed by atoms with Crippen LogP contribution in [0.4, 0.5) is 4.39 Å². The molecule has 3 heteroatoms. The monoisotopic (exact) mass is 270 g/mol. The Bertz CT molecular complexity index is 539. The third kappa shape index (κ3) is 3.06. The maximum absolute atomic E-state index is 13.1. The minimum Gasteiger partial charge on any atom is -0.314 e. The smallest absolute Gasteiger partial charge is 0.123 e. The molecule has 1 saturated heterocycles. The molecule has 104 valence electrons. The molecule has 1 heterocycles. The molecule has 1 fully saturated rings. The number of rotatable bonds is 3. The van der Waals surface area contributed by atoms with Gasteiger partial charge in [-0.3, -0.25) is 4.90 Å². The minimum atomic E-state index is -0.174. The molecule has 1 atom stereocenters. The van der Waals surface area contributed by atoms with Crippen LogP contribution in [0.2, 0.25) is 0 Å². The fraction of sp³-hybridized carbons (Fsp3) is 0.294. The van der Waals surface area contributed by atoms with E-state index in [4.69, 9.17) is 0 Å². The lowest BCUT2D eigenvalue weighted by Gasteiger charge is -2.36. The van der Waals surface area contributed by atoms with E-state index in [-0.39, 0.29) is 5.82 Å². The summed E-state index contributed by atoms with van der Waals surface area (Å²) in [5.41, 5.74) is 2.50. The van der Waals surface area contributed by atoms with Gasteiger partial charge in [-0.05, 0) is 23.3 Å². The molecule has 1 aliphatic heterocycles. The zero-order valence-corrected chi connectivity index (χ0v) is 11.4. The first-order chi connectivity index (χ1) is 9.83. The van der Waals surface area contributed by atoms with Gasteiger partial charge in [0.05, 0.1) is 0 Å². The van der Waals surface area contributed by atoms with E-state index in [2.05, 4.69) is 34.5 Å². The number of benzene rings is 2. The molecule has 1 aliphatic rings. The number of nitrogens with zero attached hydrogens (tertiary/aromatic N) is 1. The summed E-state index contributed by atoms with van der Waals surface area (Å²) in [4.78, 5) is 2.46. The molecule has 0 aromatic heterocycles. The normalized spacial score (nSPS) is 19.9. The van der Waals surface area contributed by atoms with Gasteiger partial charge in [-0.2, -0.15) is 0 Å². The van der Waals surface area contributed by atoms with E-state index in [1.54, 1.807) is 12.1 Å². The molecule has 0 radical (unpaired) electrons. The SMILES string of the molecule is Fc1ccc([C@H]2CNCCN2Cc2ccccc2)cc1. The molecule has 0 unspecified atom stereocenters. The first-order valence-corrected chi connectivity index (χ1v) is 7.07. The van der Waals surface area contributed by atoms with Gasteiger partial charge >= 0.3 is 0 Å². The summed E-state index contributed by atoms with van der Waals surface area (Å²) in [5.74, 6) is -0.174. The van der Waals surface area contributed by atoms with Gasteiger partial charge in [-0.25, -0.2) is 4.39 Å². The van der Waals surface area contributed by atoms with Crippen molar-refractivity contribution < 1.29 is 4.39 Å². The van der Waals surface area contributed by atoms with Crippen molar-refractivity contribution in [2.75, 3.05) is 19.6 Å². The molecule has 2 aromatic rings. The van der Waals surface area contributed by atoms with Crippen molar-refractivity contribution in [3.8, 4) is 0 Å². The molecule has 0 bridgehead atoms. The van der Waals surface area contributed by atoms with Crippen LogP contribution in [0.15, 0.2) is 54.6 Å². The molecule has 0 aliphatic carbocycles. The Balaban J connectivity index is 1.78.